The van der Waals surface area contributed by atoms with Crippen LogP contribution >= 0.6 is 0 Å². The summed E-state index contributed by atoms with van der Waals surface area (Å²) in [4.78, 5) is 11.7. The first kappa shape index (κ1) is 18.4. The lowest BCUT2D eigenvalue weighted by atomic mass is 9.84. The van der Waals surface area contributed by atoms with Gasteiger partial charge < -0.3 is 16.2 Å². The molecule has 4 N–H and O–H groups in total. The van der Waals surface area contributed by atoms with Gasteiger partial charge in [0.15, 0.2) is 0 Å². The number of amides is 1. The molecule has 0 aliphatic rings. The maximum absolute atomic E-state index is 11.7. The molecule has 0 bridgehead atoms. The largest absolute Gasteiger partial charge is 0.391 e. The standard InChI is InChI=1S/C15H32N2O2/c1-5-12(6-2)13(18)11-17-14(19)7-8-15(3,4)9-10-16/h12-13,18H,5-11,16H2,1-4H3,(H,17,19). The highest BCUT2D eigenvalue weighted by atomic mass is 16.3. The average molecular weight is 272 g/mol. The molecule has 1 unspecified atom stereocenters. The SMILES string of the molecule is CCC(CC)C(O)CNC(=O)CCC(C)(C)CCN. The molecule has 0 aliphatic carbocycles. The van der Waals surface area contributed by atoms with E-state index >= 15 is 0 Å². The van der Waals surface area contributed by atoms with E-state index < -0.39 is 6.10 Å². The molecular formula is C15H32N2O2. The second-order valence-corrected chi connectivity index (χ2v) is 6.15. The minimum atomic E-state index is -0.434. The molecule has 0 heterocycles. The fourth-order valence-electron chi connectivity index (χ4n) is 2.27. The van der Waals surface area contributed by atoms with Crippen LogP contribution in [0.1, 0.15) is 59.8 Å². The van der Waals surface area contributed by atoms with Crippen molar-refractivity contribution in [2.75, 3.05) is 13.1 Å². The number of hydrogen-bond acceptors (Lipinski definition) is 3. The Morgan fingerprint density at radius 1 is 1.26 bits per heavy atom. The second-order valence-electron chi connectivity index (χ2n) is 6.15. The highest BCUT2D eigenvalue weighted by Crippen LogP contribution is 2.25. The van der Waals surface area contributed by atoms with Gasteiger partial charge in [-0.05, 0) is 30.7 Å². The second kappa shape index (κ2) is 9.32. The van der Waals surface area contributed by atoms with Crippen LogP contribution in [-0.4, -0.2) is 30.2 Å². The molecule has 0 aliphatic heterocycles. The van der Waals surface area contributed by atoms with E-state index in [0.717, 1.165) is 25.7 Å². The molecule has 0 spiro atoms. The number of rotatable bonds is 10. The van der Waals surface area contributed by atoms with E-state index in [1.54, 1.807) is 0 Å². The molecule has 0 aromatic rings. The summed E-state index contributed by atoms with van der Waals surface area (Å²) in [5.74, 6) is 0.295. The minimum Gasteiger partial charge on any atom is -0.391 e. The molecule has 4 heteroatoms. The normalized spacial score (nSPS) is 13.6. The minimum absolute atomic E-state index is 0.0232. The lowest BCUT2D eigenvalue weighted by molar-refractivity contribution is -0.122. The van der Waals surface area contributed by atoms with Crippen LogP contribution in [0.25, 0.3) is 0 Å². The van der Waals surface area contributed by atoms with Crippen molar-refractivity contribution in [1.29, 1.82) is 0 Å². The van der Waals surface area contributed by atoms with E-state index in [-0.39, 0.29) is 17.2 Å². The maximum atomic E-state index is 11.7. The van der Waals surface area contributed by atoms with Gasteiger partial charge in [-0.1, -0.05) is 40.5 Å². The van der Waals surface area contributed by atoms with Gasteiger partial charge >= 0.3 is 0 Å². The molecule has 4 nitrogen and oxygen atoms in total. The average Bonchev–Trinajstić information content (AvgIpc) is 2.35. The Balaban J connectivity index is 3.93. The van der Waals surface area contributed by atoms with Crippen LogP contribution < -0.4 is 11.1 Å². The molecule has 0 saturated carbocycles. The van der Waals surface area contributed by atoms with Gasteiger partial charge in [-0.2, -0.15) is 0 Å². The lowest BCUT2D eigenvalue weighted by Gasteiger charge is -2.24. The fraction of sp³-hybridized carbons (Fsp3) is 0.933. The predicted octanol–water partition coefficient (Wildman–Crippen LogP) is 2.05. The van der Waals surface area contributed by atoms with Crippen molar-refractivity contribution in [2.24, 2.45) is 17.1 Å². The molecule has 0 radical (unpaired) electrons. The summed E-state index contributed by atoms with van der Waals surface area (Å²) >= 11 is 0. The first-order valence-electron chi connectivity index (χ1n) is 7.51. The first-order chi connectivity index (χ1) is 8.86. The third-order valence-corrected chi connectivity index (χ3v) is 3.95. The van der Waals surface area contributed by atoms with E-state index in [1.807, 2.05) is 0 Å². The summed E-state index contributed by atoms with van der Waals surface area (Å²) < 4.78 is 0. The van der Waals surface area contributed by atoms with Crippen molar-refractivity contribution < 1.29 is 9.90 Å². The van der Waals surface area contributed by atoms with Crippen molar-refractivity contribution in [3.8, 4) is 0 Å². The summed E-state index contributed by atoms with van der Waals surface area (Å²) in [6, 6.07) is 0. The molecule has 19 heavy (non-hydrogen) atoms. The van der Waals surface area contributed by atoms with E-state index in [1.165, 1.54) is 0 Å². The quantitative estimate of drug-likeness (QED) is 0.570. The van der Waals surface area contributed by atoms with Crippen LogP contribution in [0.2, 0.25) is 0 Å². The summed E-state index contributed by atoms with van der Waals surface area (Å²) in [5.41, 5.74) is 5.66. The Hall–Kier alpha value is -0.610. The Labute approximate surface area is 118 Å². The van der Waals surface area contributed by atoms with Gasteiger partial charge in [-0.3, -0.25) is 4.79 Å². The fourth-order valence-corrected chi connectivity index (χ4v) is 2.27. The van der Waals surface area contributed by atoms with Crippen molar-refractivity contribution in [1.82, 2.24) is 5.32 Å². The molecule has 0 aromatic heterocycles. The first-order valence-corrected chi connectivity index (χ1v) is 7.51. The molecule has 114 valence electrons. The zero-order chi connectivity index (χ0) is 14.9. The molecular weight excluding hydrogens is 240 g/mol. The van der Waals surface area contributed by atoms with E-state index in [4.69, 9.17) is 5.73 Å². The Bertz CT molecular complexity index is 251. The van der Waals surface area contributed by atoms with Crippen LogP contribution in [0.15, 0.2) is 0 Å². The topological polar surface area (TPSA) is 75.3 Å². The summed E-state index contributed by atoms with van der Waals surface area (Å²) in [6.07, 6.45) is 3.71. The summed E-state index contributed by atoms with van der Waals surface area (Å²) in [5, 5.41) is 12.8. The van der Waals surface area contributed by atoms with Gasteiger partial charge in [0.05, 0.1) is 6.10 Å². The third-order valence-electron chi connectivity index (χ3n) is 3.95. The van der Waals surface area contributed by atoms with Gasteiger partial charge in [-0.15, -0.1) is 0 Å². The Kier molecular flexibility index (Phi) is 9.02. The smallest absolute Gasteiger partial charge is 0.220 e. The summed E-state index contributed by atoms with van der Waals surface area (Å²) in [7, 11) is 0. The van der Waals surface area contributed by atoms with Gasteiger partial charge in [-0.25, -0.2) is 0 Å². The number of nitrogens with two attached hydrogens (primary N) is 1. The van der Waals surface area contributed by atoms with Gasteiger partial charge in [0, 0.05) is 13.0 Å². The number of carbonyl (C=O) groups excluding carboxylic acids is 1. The lowest BCUT2D eigenvalue weighted by Crippen LogP contribution is -2.36. The number of carbonyl (C=O) groups is 1. The highest BCUT2D eigenvalue weighted by molar-refractivity contribution is 5.75. The van der Waals surface area contributed by atoms with Gasteiger partial charge in [0.25, 0.3) is 0 Å². The van der Waals surface area contributed by atoms with E-state index in [2.05, 4.69) is 33.0 Å². The highest BCUT2D eigenvalue weighted by Gasteiger charge is 2.19. The monoisotopic (exact) mass is 272 g/mol. The Morgan fingerprint density at radius 3 is 2.32 bits per heavy atom. The Morgan fingerprint density at radius 2 is 1.84 bits per heavy atom. The third kappa shape index (κ3) is 8.22. The molecule has 0 saturated heterocycles. The number of aliphatic hydroxyl groups is 1. The van der Waals surface area contributed by atoms with Crippen molar-refractivity contribution in [3.05, 3.63) is 0 Å². The van der Waals surface area contributed by atoms with Crippen LogP contribution in [-0.2, 0) is 4.79 Å². The maximum Gasteiger partial charge on any atom is 0.220 e. The van der Waals surface area contributed by atoms with E-state index in [0.29, 0.717) is 19.5 Å². The zero-order valence-corrected chi connectivity index (χ0v) is 13.0. The number of hydrogen-bond donors (Lipinski definition) is 3. The van der Waals surface area contributed by atoms with Crippen molar-refractivity contribution >= 4 is 5.91 Å². The molecule has 1 amide bonds. The summed E-state index contributed by atoms with van der Waals surface area (Å²) in [6.45, 7) is 9.41. The van der Waals surface area contributed by atoms with Crippen LogP contribution in [0.3, 0.4) is 0 Å². The molecule has 0 rings (SSSR count). The van der Waals surface area contributed by atoms with E-state index in [9.17, 15) is 9.90 Å². The van der Waals surface area contributed by atoms with Crippen LogP contribution in [0.5, 0.6) is 0 Å². The van der Waals surface area contributed by atoms with Crippen molar-refractivity contribution in [3.63, 3.8) is 0 Å². The van der Waals surface area contributed by atoms with Crippen molar-refractivity contribution in [2.45, 2.75) is 65.9 Å². The number of nitrogens with one attached hydrogen (secondary N) is 1. The van der Waals surface area contributed by atoms with Gasteiger partial charge in [0.1, 0.15) is 0 Å². The molecule has 0 fully saturated rings. The molecule has 0 aromatic carbocycles. The van der Waals surface area contributed by atoms with Gasteiger partial charge in [0.2, 0.25) is 5.91 Å². The predicted molar refractivity (Wildman–Crippen MR) is 79.8 cm³/mol. The number of aliphatic hydroxyl groups excluding tert-OH is 1. The molecule has 1 atom stereocenters. The van der Waals surface area contributed by atoms with Crippen LogP contribution in [0, 0.1) is 11.3 Å². The van der Waals surface area contributed by atoms with Crippen LogP contribution in [0.4, 0.5) is 0 Å². The zero-order valence-electron chi connectivity index (χ0n) is 13.0.